The minimum absolute atomic E-state index is 0.652. The van der Waals surface area contributed by atoms with E-state index in [1.165, 1.54) is 0 Å². The third-order valence-corrected chi connectivity index (χ3v) is 2.35. The fourth-order valence-electron chi connectivity index (χ4n) is 1.69. The van der Waals surface area contributed by atoms with Crippen LogP contribution in [0.2, 0.25) is 0 Å². The van der Waals surface area contributed by atoms with Crippen molar-refractivity contribution < 1.29 is 0 Å². The summed E-state index contributed by atoms with van der Waals surface area (Å²) in [7, 11) is 0. The molecule has 0 saturated carbocycles. The first kappa shape index (κ1) is 9.35. The van der Waals surface area contributed by atoms with Gasteiger partial charge in [-0.2, -0.15) is 5.26 Å². The zero-order chi connectivity index (χ0) is 10.8. The largest absolute Gasteiger partial charge is 0.399 e. The summed E-state index contributed by atoms with van der Waals surface area (Å²) in [5.74, 6) is 0. The monoisotopic (exact) mass is 197 g/mol. The number of nitrogen functional groups attached to an aromatic ring is 1. The first-order chi connectivity index (χ1) is 7.26. The molecule has 1 aromatic heterocycles. The molecule has 0 saturated heterocycles. The number of hydrogen-bond acceptors (Lipinski definition) is 2. The maximum absolute atomic E-state index is 8.98. The van der Waals surface area contributed by atoms with Crippen molar-refractivity contribution in [3.05, 3.63) is 42.6 Å². The summed E-state index contributed by atoms with van der Waals surface area (Å²) in [6.45, 7) is 4.38. The lowest BCUT2D eigenvalue weighted by Crippen LogP contribution is -1.92. The Morgan fingerprint density at radius 2 is 2.33 bits per heavy atom. The van der Waals surface area contributed by atoms with E-state index >= 15 is 0 Å². The van der Waals surface area contributed by atoms with Crippen LogP contribution in [0, 0.1) is 11.3 Å². The summed E-state index contributed by atoms with van der Waals surface area (Å²) < 4.78 is 1.99. The molecule has 0 bridgehead atoms. The highest BCUT2D eigenvalue weighted by Crippen LogP contribution is 2.23. The lowest BCUT2D eigenvalue weighted by molar-refractivity contribution is 0.864. The van der Waals surface area contributed by atoms with Gasteiger partial charge in [-0.25, -0.2) is 0 Å². The number of nitrogens with two attached hydrogens (primary N) is 1. The van der Waals surface area contributed by atoms with Crippen molar-refractivity contribution in [1.29, 1.82) is 5.26 Å². The van der Waals surface area contributed by atoms with Crippen LogP contribution in [-0.4, -0.2) is 4.57 Å². The van der Waals surface area contributed by atoms with Gasteiger partial charge in [0.25, 0.3) is 0 Å². The van der Waals surface area contributed by atoms with Crippen LogP contribution in [0.25, 0.3) is 10.9 Å². The first-order valence-corrected chi connectivity index (χ1v) is 4.65. The van der Waals surface area contributed by atoms with Crippen LogP contribution in [0.1, 0.15) is 5.56 Å². The van der Waals surface area contributed by atoms with Crippen molar-refractivity contribution in [3.63, 3.8) is 0 Å². The molecule has 15 heavy (non-hydrogen) atoms. The number of fused-ring (bicyclic) bond motifs is 1. The molecule has 3 heteroatoms. The average molecular weight is 197 g/mol. The van der Waals surface area contributed by atoms with Gasteiger partial charge in [0.05, 0.1) is 5.56 Å². The minimum atomic E-state index is 0.652. The molecule has 0 aliphatic rings. The summed E-state index contributed by atoms with van der Waals surface area (Å²) in [5.41, 5.74) is 8.03. The maximum Gasteiger partial charge on any atom is 0.101 e. The van der Waals surface area contributed by atoms with Crippen LogP contribution in [0.4, 0.5) is 5.69 Å². The van der Waals surface area contributed by atoms with Crippen molar-refractivity contribution in [2.75, 3.05) is 5.73 Å². The molecule has 2 N–H and O–H groups in total. The zero-order valence-electron chi connectivity index (χ0n) is 8.27. The molecule has 2 rings (SSSR count). The first-order valence-electron chi connectivity index (χ1n) is 4.65. The van der Waals surface area contributed by atoms with Gasteiger partial charge in [-0.05, 0) is 18.2 Å². The van der Waals surface area contributed by atoms with Crippen LogP contribution >= 0.6 is 0 Å². The Morgan fingerprint density at radius 1 is 1.53 bits per heavy atom. The van der Waals surface area contributed by atoms with Gasteiger partial charge in [-0.15, -0.1) is 6.58 Å². The Hall–Kier alpha value is -2.21. The Morgan fingerprint density at radius 3 is 3.00 bits per heavy atom. The number of benzene rings is 1. The summed E-state index contributed by atoms with van der Waals surface area (Å²) >= 11 is 0. The standard InChI is InChI=1S/C12H11N3/c1-2-5-15-8-9(7-13)11-6-10(14)3-4-12(11)15/h2-4,6,8H,1,5,14H2. The van der Waals surface area contributed by atoms with Gasteiger partial charge in [0.2, 0.25) is 0 Å². The second-order valence-corrected chi connectivity index (χ2v) is 3.37. The second-order valence-electron chi connectivity index (χ2n) is 3.37. The van der Waals surface area contributed by atoms with Gasteiger partial charge >= 0.3 is 0 Å². The van der Waals surface area contributed by atoms with E-state index in [1.807, 2.05) is 29.0 Å². The molecule has 0 unspecified atom stereocenters. The lowest BCUT2D eigenvalue weighted by atomic mass is 10.2. The normalized spacial score (nSPS) is 10.1. The van der Waals surface area contributed by atoms with Crippen LogP contribution in [0.3, 0.4) is 0 Å². The van der Waals surface area contributed by atoms with Crippen LogP contribution in [0.15, 0.2) is 37.1 Å². The van der Waals surface area contributed by atoms with Gasteiger partial charge in [0, 0.05) is 29.3 Å². The van der Waals surface area contributed by atoms with Crippen molar-refractivity contribution in [3.8, 4) is 6.07 Å². The van der Waals surface area contributed by atoms with E-state index < -0.39 is 0 Å². The third kappa shape index (κ3) is 1.46. The highest BCUT2D eigenvalue weighted by Gasteiger charge is 2.06. The van der Waals surface area contributed by atoms with E-state index in [4.69, 9.17) is 11.0 Å². The molecule has 74 valence electrons. The molecule has 0 spiro atoms. The zero-order valence-corrected chi connectivity index (χ0v) is 8.27. The van der Waals surface area contributed by atoms with Gasteiger partial charge in [0.15, 0.2) is 0 Å². The summed E-state index contributed by atoms with van der Waals surface area (Å²) in [6, 6.07) is 7.75. The molecule has 0 aliphatic heterocycles. The Labute approximate surface area is 88.0 Å². The Bertz CT molecular complexity index is 558. The quantitative estimate of drug-likeness (QED) is 0.593. The van der Waals surface area contributed by atoms with E-state index in [0.717, 1.165) is 10.9 Å². The minimum Gasteiger partial charge on any atom is -0.399 e. The fourth-order valence-corrected chi connectivity index (χ4v) is 1.69. The molecule has 0 fully saturated rings. The van der Waals surface area contributed by atoms with Gasteiger partial charge in [-0.1, -0.05) is 6.08 Å². The predicted octanol–water partition coefficient (Wildman–Crippen LogP) is 2.28. The Balaban J connectivity index is 2.76. The summed E-state index contributed by atoms with van der Waals surface area (Å²) in [6.07, 6.45) is 3.63. The molecule has 0 aliphatic carbocycles. The third-order valence-electron chi connectivity index (χ3n) is 2.35. The predicted molar refractivity (Wildman–Crippen MR) is 61.3 cm³/mol. The maximum atomic E-state index is 8.98. The summed E-state index contributed by atoms with van der Waals surface area (Å²) in [4.78, 5) is 0. The second kappa shape index (κ2) is 3.50. The number of aromatic nitrogens is 1. The highest BCUT2D eigenvalue weighted by molar-refractivity contribution is 5.88. The smallest absolute Gasteiger partial charge is 0.101 e. The van der Waals surface area contributed by atoms with Crippen LogP contribution in [-0.2, 0) is 6.54 Å². The number of nitrogens with zero attached hydrogens (tertiary/aromatic N) is 2. The molecule has 1 aromatic carbocycles. The van der Waals surface area contributed by atoms with Crippen LogP contribution in [0.5, 0.6) is 0 Å². The van der Waals surface area contributed by atoms with Crippen molar-refractivity contribution in [2.45, 2.75) is 6.54 Å². The number of nitriles is 1. The molecule has 0 atom stereocenters. The number of hydrogen-bond donors (Lipinski definition) is 1. The molecular formula is C12H11N3. The van der Waals surface area contributed by atoms with Crippen LogP contribution < -0.4 is 5.73 Å². The SMILES string of the molecule is C=CCn1cc(C#N)c2cc(N)ccc21. The molecule has 0 amide bonds. The van der Waals surface area contributed by atoms with Gasteiger partial charge < -0.3 is 10.3 Å². The number of allylic oxidation sites excluding steroid dienone is 1. The number of rotatable bonds is 2. The van der Waals surface area contributed by atoms with Gasteiger partial charge in [-0.3, -0.25) is 0 Å². The molecule has 3 nitrogen and oxygen atoms in total. The van der Waals surface area contributed by atoms with Gasteiger partial charge in [0.1, 0.15) is 6.07 Å². The van der Waals surface area contributed by atoms with Crippen molar-refractivity contribution in [2.24, 2.45) is 0 Å². The van der Waals surface area contributed by atoms with E-state index in [0.29, 0.717) is 17.8 Å². The highest BCUT2D eigenvalue weighted by atomic mass is 14.9. The van der Waals surface area contributed by atoms with E-state index in [-0.39, 0.29) is 0 Å². The van der Waals surface area contributed by atoms with Crippen molar-refractivity contribution >= 4 is 16.6 Å². The molecule has 0 radical (unpaired) electrons. The lowest BCUT2D eigenvalue weighted by Gasteiger charge is -2.00. The summed E-state index contributed by atoms with van der Waals surface area (Å²) in [5, 5.41) is 9.88. The van der Waals surface area contributed by atoms with E-state index in [2.05, 4.69) is 12.6 Å². The van der Waals surface area contributed by atoms with E-state index in [1.54, 1.807) is 6.08 Å². The fraction of sp³-hybridized carbons (Fsp3) is 0.0833. The topological polar surface area (TPSA) is 54.7 Å². The molecule has 1 heterocycles. The van der Waals surface area contributed by atoms with Crippen molar-refractivity contribution in [1.82, 2.24) is 4.57 Å². The molecule has 2 aromatic rings. The molecular weight excluding hydrogens is 186 g/mol. The van der Waals surface area contributed by atoms with E-state index in [9.17, 15) is 0 Å². The average Bonchev–Trinajstić information content (AvgIpc) is 2.56. The number of anilines is 1. The Kier molecular flexibility index (Phi) is 2.18.